The maximum atomic E-state index is 12.5. The predicted octanol–water partition coefficient (Wildman–Crippen LogP) is 3.04. The zero-order valence-corrected chi connectivity index (χ0v) is 15.3. The largest absolute Gasteiger partial charge is 0.341 e. The number of carbonyl (C=O) groups is 2. The first kappa shape index (κ1) is 17.6. The van der Waals surface area contributed by atoms with Gasteiger partial charge in [0.25, 0.3) is 0 Å². The molecule has 0 saturated carbocycles. The van der Waals surface area contributed by atoms with Crippen LogP contribution in [0.2, 0.25) is 0 Å². The van der Waals surface area contributed by atoms with Gasteiger partial charge in [0, 0.05) is 25.6 Å². The summed E-state index contributed by atoms with van der Waals surface area (Å²) in [5.74, 6) is 0.235. The van der Waals surface area contributed by atoms with Gasteiger partial charge in [-0.2, -0.15) is 0 Å². The van der Waals surface area contributed by atoms with Gasteiger partial charge in [-0.05, 0) is 38.0 Å². The third kappa shape index (κ3) is 3.90. The van der Waals surface area contributed by atoms with E-state index in [0.717, 1.165) is 31.4 Å². The summed E-state index contributed by atoms with van der Waals surface area (Å²) in [5, 5.41) is 1.17. The second-order valence-electron chi connectivity index (χ2n) is 6.23. The topological polar surface area (TPSA) is 53.5 Å². The molecule has 1 aromatic carbocycles. The standard InChI is InChI=1S/C19H23N3O2S/c1-3-17(23)21(4-2)13-18(24)22-11-9-14(10-12-22)19-20-15-7-5-6-8-16(15)25-19/h3,5-8,14H,1,4,9-13H2,2H3. The molecule has 0 bridgehead atoms. The average Bonchev–Trinajstić information content (AvgIpc) is 3.09. The van der Waals surface area contributed by atoms with Gasteiger partial charge in [0.1, 0.15) is 0 Å². The van der Waals surface area contributed by atoms with Gasteiger partial charge in [0.15, 0.2) is 0 Å². The number of piperidine rings is 1. The molecule has 2 heterocycles. The van der Waals surface area contributed by atoms with Crippen LogP contribution in [0.15, 0.2) is 36.9 Å². The normalized spacial score (nSPS) is 15.3. The van der Waals surface area contributed by atoms with Crippen molar-refractivity contribution >= 4 is 33.4 Å². The van der Waals surface area contributed by atoms with E-state index in [1.165, 1.54) is 20.7 Å². The van der Waals surface area contributed by atoms with E-state index in [1.807, 2.05) is 30.0 Å². The van der Waals surface area contributed by atoms with Crippen molar-refractivity contribution in [1.29, 1.82) is 0 Å². The van der Waals surface area contributed by atoms with Gasteiger partial charge in [0.05, 0.1) is 21.8 Å². The van der Waals surface area contributed by atoms with Crippen LogP contribution in [0.1, 0.15) is 30.7 Å². The summed E-state index contributed by atoms with van der Waals surface area (Å²) in [4.78, 5) is 32.3. The van der Waals surface area contributed by atoms with Gasteiger partial charge in [-0.25, -0.2) is 4.98 Å². The minimum Gasteiger partial charge on any atom is -0.341 e. The zero-order chi connectivity index (χ0) is 17.8. The van der Waals surface area contributed by atoms with E-state index < -0.39 is 0 Å². The Hall–Kier alpha value is -2.21. The molecule has 0 unspecified atom stereocenters. The number of carbonyl (C=O) groups excluding carboxylic acids is 2. The molecule has 0 spiro atoms. The van der Waals surface area contributed by atoms with E-state index in [4.69, 9.17) is 4.98 Å². The first-order chi connectivity index (χ1) is 12.1. The zero-order valence-electron chi connectivity index (χ0n) is 14.5. The smallest absolute Gasteiger partial charge is 0.246 e. The van der Waals surface area contributed by atoms with Gasteiger partial charge >= 0.3 is 0 Å². The van der Waals surface area contributed by atoms with E-state index >= 15 is 0 Å². The fourth-order valence-electron chi connectivity index (χ4n) is 3.18. The highest BCUT2D eigenvalue weighted by atomic mass is 32.1. The molecule has 5 nitrogen and oxygen atoms in total. The first-order valence-electron chi connectivity index (χ1n) is 8.67. The van der Waals surface area contributed by atoms with Crippen molar-refractivity contribution in [2.75, 3.05) is 26.2 Å². The van der Waals surface area contributed by atoms with Gasteiger partial charge < -0.3 is 9.80 Å². The maximum Gasteiger partial charge on any atom is 0.246 e. The number of hydrogen-bond donors (Lipinski definition) is 0. The predicted molar refractivity (Wildman–Crippen MR) is 101 cm³/mol. The summed E-state index contributed by atoms with van der Waals surface area (Å²) in [7, 11) is 0. The Morgan fingerprint density at radius 1 is 1.36 bits per heavy atom. The van der Waals surface area contributed by atoms with Crippen molar-refractivity contribution in [2.24, 2.45) is 0 Å². The number of thiazole rings is 1. The second-order valence-corrected chi connectivity index (χ2v) is 7.29. The molecule has 1 aromatic heterocycles. The Labute approximate surface area is 151 Å². The SMILES string of the molecule is C=CC(=O)N(CC)CC(=O)N1CCC(c2nc3ccccc3s2)CC1. The van der Waals surface area contributed by atoms with Crippen LogP contribution in [0.25, 0.3) is 10.2 Å². The van der Waals surface area contributed by atoms with Crippen LogP contribution in [0.4, 0.5) is 0 Å². The molecule has 25 heavy (non-hydrogen) atoms. The number of para-hydroxylation sites is 1. The summed E-state index contributed by atoms with van der Waals surface area (Å²) in [6.45, 7) is 7.45. The molecule has 6 heteroatoms. The van der Waals surface area contributed by atoms with Crippen LogP contribution in [-0.4, -0.2) is 52.8 Å². The number of benzene rings is 1. The van der Waals surface area contributed by atoms with Crippen LogP contribution in [-0.2, 0) is 9.59 Å². The number of amides is 2. The molecular formula is C19H23N3O2S. The third-order valence-electron chi connectivity index (χ3n) is 4.70. The fraction of sp³-hybridized carbons (Fsp3) is 0.421. The lowest BCUT2D eigenvalue weighted by molar-refractivity contribution is -0.138. The number of nitrogens with zero attached hydrogens (tertiary/aromatic N) is 3. The molecule has 1 saturated heterocycles. The van der Waals surface area contributed by atoms with Gasteiger partial charge in [0.2, 0.25) is 11.8 Å². The van der Waals surface area contributed by atoms with Gasteiger partial charge in [-0.3, -0.25) is 9.59 Å². The van der Waals surface area contributed by atoms with Crippen LogP contribution in [0, 0.1) is 0 Å². The lowest BCUT2D eigenvalue weighted by Crippen LogP contribution is -2.45. The minimum atomic E-state index is -0.194. The summed E-state index contributed by atoms with van der Waals surface area (Å²) < 4.78 is 1.22. The Morgan fingerprint density at radius 2 is 2.08 bits per heavy atom. The molecule has 132 valence electrons. The Balaban J connectivity index is 1.58. The third-order valence-corrected chi connectivity index (χ3v) is 5.90. The van der Waals surface area contributed by atoms with E-state index in [-0.39, 0.29) is 18.4 Å². The molecule has 0 N–H and O–H groups in total. The molecule has 0 atom stereocenters. The number of aromatic nitrogens is 1. The van der Waals surface area contributed by atoms with Gasteiger partial charge in [-0.15, -0.1) is 11.3 Å². The van der Waals surface area contributed by atoms with Crippen LogP contribution >= 0.6 is 11.3 Å². The molecule has 2 amide bonds. The maximum absolute atomic E-state index is 12.5. The quantitative estimate of drug-likeness (QED) is 0.773. The number of likely N-dealkylation sites (N-methyl/N-ethyl adjacent to an activating group) is 1. The Bertz CT molecular complexity index is 745. The monoisotopic (exact) mass is 357 g/mol. The van der Waals surface area contributed by atoms with Crippen LogP contribution < -0.4 is 0 Å². The van der Waals surface area contributed by atoms with Crippen molar-refractivity contribution in [3.05, 3.63) is 41.9 Å². The fourth-order valence-corrected chi connectivity index (χ4v) is 4.31. The number of fused-ring (bicyclic) bond motifs is 1. The Kier molecular flexibility index (Phi) is 5.48. The van der Waals surface area contributed by atoms with Crippen molar-refractivity contribution in [3.8, 4) is 0 Å². The van der Waals surface area contributed by atoms with E-state index in [0.29, 0.717) is 12.5 Å². The average molecular weight is 357 g/mol. The summed E-state index contributed by atoms with van der Waals surface area (Å²) >= 11 is 1.76. The summed E-state index contributed by atoms with van der Waals surface area (Å²) in [6.07, 6.45) is 3.11. The van der Waals surface area contributed by atoms with Crippen molar-refractivity contribution in [2.45, 2.75) is 25.7 Å². The first-order valence-corrected chi connectivity index (χ1v) is 9.48. The van der Waals surface area contributed by atoms with Crippen molar-refractivity contribution < 1.29 is 9.59 Å². The molecule has 1 fully saturated rings. The van der Waals surface area contributed by atoms with Crippen LogP contribution in [0.3, 0.4) is 0 Å². The highest BCUT2D eigenvalue weighted by Gasteiger charge is 2.27. The molecule has 3 rings (SSSR count). The lowest BCUT2D eigenvalue weighted by Gasteiger charge is -2.32. The molecule has 1 aliphatic heterocycles. The molecule has 1 aliphatic rings. The number of likely N-dealkylation sites (tertiary alicyclic amines) is 1. The molecule has 0 aliphatic carbocycles. The van der Waals surface area contributed by atoms with Crippen molar-refractivity contribution in [3.63, 3.8) is 0 Å². The summed E-state index contributed by atoms with van der Waals surface area (Å²) in [5.41, 5.74) is 1.06. The molecule has 0 radical (unpaired) electrons. The van der Waals surface area contributed by atoms with E-state index in [1.54, 1.807) is 11.3 Å². The van der Waals surface area contributed by atoms with E-state index in [2.05, 4.69) is 12.6 Å². The highest BCUT2D eigenvalue weighted by molar-refractivity contribution is 7.18. The molecular weight excluding hydrogens is 334 g/mol. The number of hydrogen-bond acceptors (Lipinski definition) is 4. The van der Waals surface area contributed by atoms with Gasteiger partial charge in [-0.1, -0.05) is 18.7 Å². The summed E-state index contributed by atoms with van der Waals surface area (Å²) in [6, 6.07) is 8.20. The lowest BCUT2D eigenvalue weighted by atomic mass is 9.97. The minimum absolute atomic E-state index is 0.0137. The number of rotatable bonds is 5. The van der Waals surface area contributed by atoms with Crippen molar-refractivity contribution in [1.82, 2.24) is 14.8 Å². The highest BCUT2D eigenvalue weighted by Crippen LogP contribution is 2.33. The Morgan fingerprint density at radius 3 is 2.72 bits per heavy atom. The molecule has 2 aromatic rings. The second kappa shape index (κ2) is 7.78. The van der Waals surface area contributed by atoms with E-state index in [9.17, 15) is 9.59 Å². The van der Waals surface area contributed by atoms with Crippen LogP contribution in [0.5, 0.6) is 0 Å².